The van der Waals surface area contributed by atoms with Crippen molar-refractivity contribution in [1.82, 2.24) is 19.6 Å². The van der Waals surface area contributed by atoms with Crippen molar-refractivity contribution in [2.24, 2.45) is 0 Å². The fourth-order valence-corrected chi connectivity index (χ4v) is 3.08. The highest BCUT2D eigenvalue weighted by Crippen LogP contribution is 2.15. The Hall–Kier alpha value is -2.93. The monoisotopic (exact) mass is 351 g/mol. The fraction of sp³-hybridized carbons (Fsp3) is 0.316. The van der Waals surface area contributed by atoms with E-state index in [4.69, 9.17) is 4.74 Å². The van der Waals surface area contributed by atoms with E-state index in [0.29, 0.717) is 5.69 Å². The van der Waals surface area contributed by atoms with Gasteiger partial charge in [0.1, 0.15) is 0 Å². The molecule has 1 unspecified atom stereocenters. The van der Waals surface area contributed by atoms with Crippen LogP contribution in [0.5, 0.6) is 0 Å². The van der Waals surface area contributed by atoms with Crippen LogP contribution in [0.15, 0.2) is 55.0 Å². The molecule has 134 valence electrons. The second-order valence-electron chi connectivity index (χ2n) is 6.40. The van der Waals surface area contributed by atoms with Gasteiger partial charge in [0.2, 0.25) is 5.91 Å². The Balaban J connectivity index is 1.33. The lowest BCUT2D eigenvalue weighted by atomic mass is 10.2. The topological polar surface area (TPSA) is 74.0 Å². The van der Waals surface area contributed by atoms with Crippen LogP contribution in [-0.2, 0) is 22.5 Å². The van der Waals surface area contributed by atoms with E-state index in [-0.39, 0.29) is 18.4 Å². The molecule has 4 rings (SSSR count). The molecule has 1 saturated heterocycles. The van der Waals surface area contributed by atoms with E-state index in [1.165, 1.54) is 0 Å². The Morgan fingerprint density at radius 3 is 2.96 bits per heavy atom. The second kappa shape index (κ2) is 7.53. The second-order valence-corrected chi connectivity index (χ2v) is 6.40. The Labute approximate surface area is 151 Å². The first kappa shape index (κ1) is 16.5. The Morgan fingerprint density at radius 2 is 2.15 bits per heavy atom. The van der Waals surface area contributed by atoms with Crippen molar-refractivity contribution in [1.29, 1.82) is 0 Å². The number of nitrogens with zero attached hydrogens (tertiary/aromatic N) is 4. The first-order valence-corrected chi connectivity index (χ1v) is 8.80. The Morgan fingerprint density at radius 1 is 1.27 bits per heavy atom. The minimum atomic E-state index is -0.111. The standard InChI is InChI=1S/C19H21N5O2/c25-19(11-15-8-9-24(22-15)17-5-2-1-3-6-17)21-16-12-20-23(13-16)14-18-7-4-10-26-18/h1-3,5-6,8-9,12-13,18H,4,7,10-11,14H2,(H,21,25). The maximum absolute atomic E-state index is 12.3. The van der Waals surface area contributed by atoms with Crippen LogP contribution in [0.25, 0.3) is 5.69 Å². The van der Waals surface area contributed by atoms with Crippen LogP contribution in [0, 0.1) is 0 Å². The molecule has 7 heteroatoms. The predicted molar refractivity (Wildman–Crippen MR) is 97.1 cm³/mol. The minimum Gasteiger partial charge on any atom is -0.376 e. The largest absolute Gasteiger partial charge is 0.376 e. The number of carbonyl (C=O) groups excluding carboxylic acids is 1. The molecule has 3 heterocycles. The summed E-state index contributed by atoms with van der Waals surface area (Å²) in [7, 11) is 0. The Bertz CT molecular complexity index is 865. The van der Waals surface area contributed by atoms with Crippen molar-refractivity contribution in [3.05, 3.63) is 60.7 Å². The smallest absolute Gasteiger partial charge is 0.230 e. The molecule has 1 aliphatic rings. The lowest BCUT2D eigenvalue weighted by Gasteiger charge is -2.08. The summed E-state index contributed by atoms with van der Waals surface area (Å²) in [4.78, 5) is 12.3. The number of hydrogen-bond donors (Lipinski definition) is 1. The third-order valence-electron chi connectivity index (χ3n) is 4.34. The van der Waals surface area contributed by atoms with Crippen LogP contribution in [0.2, 0.25) is 0 Å². The molecule has 1 aliphatic heterocycles. The van der Waals surface area contributed by atoms with E-state index in [9.17, 15) is 4.79 Å². The molecular weight excluding hydrogens is 330 g/mol. The van der Waals surface area contributed by atoms with Crippen LogP contribution < -0.4 is 5.32 Å². The molecule has 0 saturated carbocycles. The molecule has 1 amide bonds. The van der Waals surface area contributed by atoms with Gasteiger partial charge in [0, 0.05) is 19.0 Å². The summed E-state index contributed by atoms with van der Waals surface area (Å²) in [5.74, 6) is -0.111. The van der Waals surface area contributed by atoms with E-state index in [1.807, 2.05) is 53.5 Å². The van der Waals surface area contributed by atoms with Gasteiger partial charge in [-0.15, -0.1) is 0 Å². The van der Waals surface area contributed by atoms with Gasteiger partial charge >= 0.3 is 0 Å². The molecule has 1 N–H and O–H groups in total. The summed E-state index contributed by atoms with van der Waals surface area (Å²) < 4.78 is 9.19. The number of nitrogens with one attached hydrogen (secondary N) is 1. The summed E-state index contributed by atoms with van der Waals surface area (Å²) in [6.45, 7) is 1.54. The number of rotatable bonds is 6. The fourth-order valence-electron chi connectivity index (χ4n) is 3.08. The first-order valence-electron chi connectivity index (χ1n) is 8.80. The number of para-hydroxylation sites is 1. The number of aromatic nitrogens is 4. The van der Waals surface area contributed by atoms with Gasteiger partial charge in [0.25, 0.3) is 0 Å². The van der Waals surface area contributed by atoms with Gasteiger partial charge in [-0.2, -0.15) is 10.2 Å². The van der Waals surface area contributed by atoms with Crippen molar-refractivity contribution in [2.45, 2.75) is 31.9 Å². The molecule has 0 spiro atoms. The summed E-state index contributed by atoms with van der Waals surface area (Å²) in [6.07, 6.45) is 7.96. The highest BCUT2D eigenvalue weighted by molar-refractivity contribution is 5.91. The molecule has 1 fully saturated rings. The minimum absolute atomic E-state index is 0.111. The van der Waals surface area contributed by atoms with Crippen molar-refractivity contribution in [2.75, 3.05) is 11.9 Å². The molecule has 0 bridgehead atoms. The van der Waals surface area contributed by atoms with Gasteiger partial charge in [0.15, 0.2) is 0 Å². The van der Waals surface area contributed by atoms with Crippen molar-refractivity contribution >= 4 is 11.6 Å². The SMILES string of the molecule is O=C(Cc1ccn(-c2ccccc2)n1)Nc1cnn(CC2CCCO2)c1. The summed E-state index contributed by atoms with van der Waals surface area (Å²) in [5.41, 5.74) is 2.38. The molecule has 2 aromatic heterocycles. The van der Waals surface area contributed by atoms with Crippen LogP contribution in [-0.4, -0.2) is 38.2 Å². The number of ether oxygens (including phenoxy) is 1. The zero-order valence-electron chi connectivity index (χ0n) is 14.4. The summed E-state index contributed by atoms with van der Waals surface area (Å²) in [6, 6.07) is 11.7. The third-order valence-corrected chi connectivity index (χ3v) is 4.34. The molecule has 7 nitrogen and oxygen atoms in total. The lowest BCUT2D eigenvalue weighted by Crippen LogP contribution is -2.16. The number of amides is 1. The zero-order valence-corrected chi connectivity index (χ0v) is 14.4. The molecule has 3 aromatic rings. The zero-order chi connectivity index (χ0) is 17.8. The van der Waals surface area contributed by atoms with E-state index in [0.717, 1.165) is 37.4 Å². The molecule has 0 radical (unpaired) electrons. The third kappa shape index (κ3) is 4.00. The summed E-state index contributed by atoms with van der Waals surface area (Å²) in [5, 5.41) is 11.6. The first-order chi connectivity index (χ1) is 12.8. The predicted octanol–water partition coefficient (Wildman–Crippen LogP) is 2.43. The van der Waals surface area contributed by atoms with Gasteiger partial charge in [-0.1, -0.05) is 18.2 Å². The molecule has 26 heavy (non-hydrogen) atoms. The number of carbonyl (C=O) groups is 1. The molecule has 1 aromatic carbocycles. The summed E-state index contributed by atoms with van der Waals surface area (Å²) >= 11 is 0. The lowest BCUT2D eigenvalue weighted by molar-refractivity contribution is -0.115. The van der Waals surface area contributed by atoms with Gasteiger partial charge in [-0.05, 0) is 31.0 Å². The van der Waals surface area contributed by atoms with Crippen LogP contribution in [0.3, 0.4) is 0 Å². The average molecular weight is 351 g/mol. The molecular formula is C19H21N5O2. The number of benzene rings is 1. The average Bonchev–Trinajstić information content (AvgIpc) is 3.39. The van der Waals surface area contributed by atoms with Crippen LogP contribution in [0.1, 0.15) is 18.5 Å². The van der Waals surface area contributed by atoms with Crippen LogP contribution in [0.4, 0.5) is 5.69 Å². The van der Waals surface area contributed by atoms with Crippen molar-refractivity contribution in [3.8, 4) is 5.69 Å². The van der Waals surface area contributed by atoms with E-state index in [2.05, 4.69) is 15.5 Å². The van der Waals surface area contributed by atoms with E-state index >= 15 is 0 Å². The number of anilines is 1. The van der Waals surface area contributed by atoms with Gasteiger partial charge in [0.05, 0.1) is 42.3 Å². The van der Waals surface area contributed by atoms with Crippen molar-refractivity contribution < 1.29 is 9.53 Å². The molecule has 0 aliphatic carbocycles. The van der Waals surface area contributed by atoms with Crippen molar-refractivity contribution in [3.63, 3.8) is 0 Å². The normalized spacial score (nSPS) is 16.7. The number of hydrogen-bond acceptors (Lipinski definition) is 4. The molecule has 1 atom stereocenters. The van der Waals surface area contributed by atoms with Gasteiger partial charge < -0.3 is 10.1 Å². The highest BCUT2D eigenvalue weighted by atomic mass is 16.5. The van der Waals surface area contributed by atoms with Gasteiger partial charge in [-0.25, -0.2) is 4.68 Å². The quantitative estimate of drug-likeness (QED) is 0.740. The Kier molecular flexibility index (Phi) is 4.79. The maximum Gasteiger partial charge on any atom is 0.230 e. The van der Waals surface area contributed by atoms with Crippen LogP contribution >= 0.6 is 0 Å². The van der Waals surface area contributed by atoms with E-state index < -0.39 is 0 Å². The van der Waals surface area contributed by atoms with E-state index in [1.54, 1.807) is 10.9 Å². The van der Waals surface area contributed by atoms with Gasteiger partial charge in [-0.3, -0.25) is 9.48 Å². The maximum atomic E-state index is 12.3. The highest BCUT2D eigenvalue weighted by Gasteiger charge is 2.16.